The van der Waals surface area contributed by atoms with E-state index >= 15 is 0 Å². The average Bonchev–Trinajstić information content (AvgIpc) is 3.60. The molecule has 1 aromatic heterocycles. The normalized spacial score (nSPS) is 13.5. The van der Waals surface area contributed by atoms with Crippen LogP contribution in [0.4, 0.5) is 11.4 Å². The zero-order chi connectivity index (χ0) is 22.1. The third kappa shape index (κ3) is 4.15. The number of benzene rings is 2. The quantitative estimate of drug-likeness (QED) is 0.612. The minimum atomic E-state index is -0.462. The van der Waals surface area contributed by atoms with Gasteiger partial charge in [0, 0.05) is 36.4 Å². The monoisotopic (exact) mass is 419 g/mol. The number of carbonyl (C=O) groups excluding carboxylic acids is 1. The highest BCUT2D eigenvalue weighted by Crippen LogP contribution is 2.32. The van der Waals surface area contributed by atoms with Gasteiger partial charge < -0.3 is 19.5 Å². The van der Waals surface area contributed by atoms with Gasteiger partial charge in [-0.2, -0.15) is 0 Å². The van der Waals surface area contributed by atoms with E-state index in [0.717, 1.165) is 16.6 Å². The minimum Gasteiger partial charge on any atom is -0.495 e. The molecule has 1 heterocycles. The molecule has 1 saturated carbocycles. The first kappa shape index (κ1) is 21.0. The zero-order valence-electron chi connectivity index (χ0n) is 18.5. The molecule has 0 bridgehead atoms. The van der Waals surface area contributed by atoms with Crippen molar-refractivity contribution in [3.63, 3.8) is 0 Å². The molecule has 2 aromatic carbocycles. The molecule has 162 valence electrons. The van der Waals surface area contributed by atoms with Gasteiger partial charge in [-0.1, -0.05) is 32.0 Å². The average molecular weight is 420 g/mol. The van der Waals surface area contributed by atoms with Crippen molar-refractivity contribution >= 4 is 28.2 Å². The first-order valence-corrected chi connectivity index (χ1v) is 10.7. The molecule has 6 heteroatoms. The lowest BCUT2D eigenvalue weighted by Crippen LogP contribution is -2.31. The van der Waals surface area contributed by atoms with E-state index in [1.165, 1.54) is 20.0 Å². The number of anilines is 2. The highest BCUT2D eigenvalue weighted by molar-refractivity contribution is 6.09. The summed E-state index contributed by atoms with van der Waals surface area (Å²) in [5, 5.41) is 3.66. The van der Waals surface area contributed by atoms with E-state index in [9.17, 15) is 9.59 Å². The van der Waals surface area contributed by atoms with Gasteiger partial charge in [0.05, 0.1) is 12.6 Å². The summed E-state index contributed by atoms with van der Waals surface area (Å²) in [5.41, 5.74) is 2.15. The second-order valence-electron chi connectivity index (χ2n) is 8.58. The number of ether oxygens (including phenoxy) is 1. The van der Waals surface area contributed by atoms with E-state index in [4.69, 9.17) is 4.74 Å². The second-order valence-corrected chi connectivity index (χ2v) is 8.58. The molecular weight excluding hydrogens is 390 g/mol. The minimum absolute atomic E-state index is 0.0304. The second kappa shape index (κ2) is 8.46. The topological polar surface area (TPSA) is 63.6 Å². The van der Waals surface area contributed by atoms with E-state index in [2.05, 4.69) is 17.3 Å². The summed E-state index contributed by atoms with van der Waals surface area (Å²) in [4.78, 5) is 28.9. The van der Waals surface area contributed by atoms with Gasteiger partial charge in [0.1, 0.15) is 11.3 Å². The van der Waals surface area contributed by atoms with Crippen molar-refractivity contribution in [1.29, 1.82) is 0 Å². The maximum Gasteiger partial charge on any atom is 0.267 e. The van der Waals surface area contributed by atoms with Crippen LogP contribution in [-0.4, -0.2) is 30.7 Å². The maximum atomic E-state index is 13.4. The first-order chi connectivity index (χ1) is 14.9. The number of pyridine rings is 1. The zero-order valence-corrected chi connectivity index (χ0v) is 18.5. The van der Waals surface area contributed by atoms with Gasteiger partial charge in [-0.3, -0.25) is 9.59 Å². The number of aromatic nitrogens is 1. The molecule has 0 spiro atoms. The Morgan fingerprint density at radius 3 is 2.61 bits per heavy atom. The Labute approximate surface area is 182 Å². The van der Waals surface area contributed by atoms with Crippen molar-refractivity contribution in [2.75, 3.05) is 24.4 Å². The van der Waals surface area contributed by atoms with Gasteiger partial charge >= 0.3 is 0 Å². The molecule has 1 aliphatic carbocycles. The number of hydrogen-bond donors (Lipinski definition) is 1. The van der Waals surface area contributed by atoms with Gasteiger partial charge in [-0.15, -0.1) is 0 Å². The van der Waals surface area contributed by atoms with Crippen molar-refractivity contribution in [1.82, 2.24) is 4.57 Å². The molecule has 1 amide bonds. The summed E-state index contributed by atoms with van der Waals surface area (Å²) >= 11 is 0. The Bertz CT molecular complexity index is 1180. The predicted molar refractivity (Wildman–Crippen MR) is 125 cm³/mol. The molecule has 0 unspecified atom stereocenters. The lowest BCUT2D eigenvalue weighted by Gasteiger charge is -2.20. The number of methoxy groups -OCH3 is 1. The Hall–Kier alpha value is -3.28. The highest BCUT2D eigenvalue weighted by atomic mass is 16.5. The van der Waals surface area contributed by atoms with Crippen molar-refractivity contribution in [2.45, 2.75) is 39.3 Å². The Kier molecular flexibility index (Phi) is 5.72. The van der Waals surface area contributed by atoms with Gasteiger partial charge in [0.15, 0.2) is 0 Å². The molecule has 6 nitrogen and oxygen atoms in total. The van der Waals surface area contributed by atoms with Crippen LogP contribution < -0.4 is 20.5 Å². The Morgan fingerprint density at radius 2 is 1.94 bits per heavy atom. The van der Waals surface area contributed by atoms with Crippen LogP contribution in [0.15, 0.2) is 53.3 Å². The first-order valence-electron chi connectivity index (χ1n) is 10.7. The summed E-state index contributed by atoms with van der Waals surface area (Å²) in [5.74, 6) is 0.0979. The molecule has 0 radical (unpaired) electrons. The highest BCUT2D eigenvalue weighted by Gasteiger charge is 2.27. The molecule has 1 N–H and O–H groups in total. The number of nitrogens with one attached hydrogen (secondary N) is 1. The number of fused-ring (bicyclic) bond motifs is 1. The number of para-hydroxylation sites is 1. The fraction of sp³-hybridized carbons (Fsp3) is 0.360. The lowest BCUT2D eigenvalue weighted by atomic mass is 10.1. The summed E-state index contributed by atoms with van der Waals surface area (Å²) in [7, 11) is 3.56. The van der Waals surface area contributed by atoms with E-state index in [1.54, 1.807) is 4.57 Å². The fourth-order valence-electron chi connectivity index (χ4n) is 4.01. The molecule has 1 fully saturated rings. The van der Waals surface area contributed by atoms with Crippen molar-refractivity contribution < 1.29 is 9.53 Å². The molecular formula is C25H29N3O3. The van der Waals surface area contributed by atoms with Crippen LogP contribution in [0.3, 0.4) is 0 Å². The number of hydrogen-bond acceptors (Lipinski definition) is 4. The van der Waals surface area contributed by atoms with Gasteiger partial charge in [0.2, 0.25) is 0 Å². The number of rotatable bonds is 7. The molecule has 31 heavy (non-hydrogen) atoms. The van der Waals surface area contributed by atoms with Crippen LogP contribution in [0.1, 0.15) is 37.0 Å². The summed E-state index contributed by atoms with van der Waals surface area (Å²) in [6.07, 6.45) is 2.38. The molecule has 1 aliphatic rings. The summed E-state index contributed by atoms with van der Waals surface area (Å²) in [6, 6.07) is 15.8. The predicted octanol–water partition coefficient (Wildman–Crippen LogP) is 4.52. The van der Waals surface area contributed by atoms with Crippen LogP contribution in [0.5, 0.6) is 5.75 Å². The molecule has 4 rings (SSSR count). The molecule has 0 aliphatic heterocycles. The van der Waals surface area contributed by atoms with Gasteiger partial charge in [-0.05, 0) is 49.1 Å². The maximum absolute atomic E-state index is 13.4. The molecule has 0 saturated heterocycles. The number of nitrogens with zero attached hydrogens (tertiary/aromatic N) is 2. The van der Waals surface area contributed by atoms with Crippen LogP contribution in [0, 0.1) is 5.92 Å². The van der Waals surface area contributed by atoms with Crippen molar-refractivity contribution in [3.8, 4) is 5.75 Å². The van der Waals surface area contributed by atoms with Crippen molar-refractivity contribution in [3.05, 3.63) is 64.4 Å². The SMILES string of the molecule is COc1c(C(=O)Nc2cccc(N(C)C3CC3)c2)c(=O)n(CC(C)C)c2ccccc12. The van der Waals surface area contributed by atoms with Crippen LogP contribution in [0.2, 0.25) is 0 Å². The third-order valence-electron chi connectivity index (χ3n) is 5.71. The van der Waals surface area contributed by atoms with E-state index in [-0.39, 0.29) is 17.0 Å². The van der Waals surface area contributed by atoms with Crippen molar-refractivity contribution in [2.24, 2.45) is 5.92 Å². The smallest absolute Gasteiger partial charge is 0.267 e. The van der Waals surface area contributed by atoms with Gasteiger partial charge in [-0.25, -0.2) is 0 Å². The lowest BCUT2D eigenvalue weighted by molar-refractivity contribution is 0.102. The molecule has 0 atom stereocenters. The number of carbonyl (C=O) groups is 1. The summed E-state index contributed by atoms with van der Waals surface area (Å²) < 4.78 is 7.25. The van der Waals surface area contributed by atoms with E-state index < -0.39 is 5.91 Å². The van der Waals surface area contributed by atoms with Crippen LogP contribution in [0.25, 0.3) is 10.9 Å². The fourth-order valence-corrected chi connectivity index (χ4v) is 4.01. The standard InChI is InChI=1S/C25H29N3O3/c1-16(2)15-28-21-11-6-5-10-20(21)23(31-4)22(25(28)30)24(29)26-17-8-7-9-19(14-17)27(3)18-12-13-18/h5-11,14,16,18H,12-13,15H2,1-4H3,(H,26,29). The van der Waals surface area contributed by atoms with Crippen LogP contribution in [-0.2, 0) is 6.54 Å². The van der Waals surface area contributed by atoms with E-state index in [0.29, 0.717) is 24.0 Å². The number of amides is 1. The largest absolute Gasteiger partial charge is 0.495 e. The Balaban J connectivity index is 1.76. The van der Waals surface area contributed by atoms with E-state index in [1.807, 2.05) is 62.4 Å². The Morgan fingerprint density at radius 1 is 1.19 bits per heavy atom. The van der Waals surface area contributed by atoms with Gasteiger partial charge in [0.25, 0.3) is 11.5 Å². The molecule has 3 aromatic rings. The van der Waals surface area contributed by atoms with Crippen LogP contribution >= 0.6 is 0 Å². The third-order valence-corrected chi connectivity index (χ3v) is 5.71. The summed E-state index contributed by atoms with van der Waals surface area (Å²) in [6.45, 7) is 4.62.